The molecule has 0 aliphatic carbocycles. The number of hydrogen-bond donors (Lipinski definition) is 1. The normalized spacial score (nSPS) is 12.5. The van der Waals surface area contributed by atoms with Gasteiger partial charge < -0.3 is 15.0 Å². The van der Waals surface area contributed by atoms with Crippen LogP contribution in [0, 0.1) is 18.6 Å². The lowest BCUT2D eigenvalue weighted by Gasteiger charge is -2.26. The van der Waals surface area contributed by atoms with Gasteiger partial charge in [-0.25, -0.2) is 18.6 Å². The Bertz CT molecular complexity index is 1140. The molecule has 6 nitrogen and oxygen atoms in total. The molecule has 0 aliphatic rings. The number of nitrogens with one attached hydrogen (secondary N) is 1. The zero-order valence-electron chi connectivity index (χ0n) is 18.5. The molecule has 0 saturated carbocycles. The number of carbonyl (C=O) groups excluding carboxylic acids is 2. The molecule has 32 heavy (non-hydrogen) atoms. The first-order valence-electron chi connectivity index (χ1n) is 10.0. The van der Waals surface area contributed by atoms with Crippen LogP contribution in [0.5, 0.6) is 0 Å². The quantitative estimate of drug-likeness (QED) is 0.582. The van der Waals surface area contributed by atoms with Crippen molar-refractivity contribution in [2.24, 2.45) is 0 Å². The summed E-state index contributed by atoms with van der Waals surface area (Å²) in [6, 6.07) is 7.33. The van der Waals surface area contributed by atoms with Crippen molar-refractivity contribution < 1.29 is 23.1 Å². The van der Waals surface area contributed by atoms with Crippen molar-refractivity contribution in [1.82, 2.24) is 10.3 Å². The minimum Gasteiger partial charge on any atom is -0.444 e. The third-order valence-electron chi connectivity index (χ3n) is 4.55. The van der Waals surface area contributed by atoms with E-state index in [1.807, 2.05) is 13.0 Å². The van der Waals surface area contributed by atoms with Crippen LogP contribution in [-0.2, 0) is 16.0 Å². The van der Waals surface area contributed by atoms with Gasteiger partial charge in [-0.1, -0.05) is 0 Å². The van der Waals surface area contributed by atoms with Gasteiger partial charge in [-0.15, -0.1) is 11.3 Å². The molecular formula is C23H25F2N3O3S. The summed E-state index contributed by atoms with van der Waals surface area (Å²) in [5.41, 5.74) is 0.792. The summed E-state index contributed by atoms with van der Waals surface area (Å²) >= 11 is 1.55. The number of carbonyl (C=O) groups is 2. The van der Waals surface area contributed by atoms with Gasteiger partial charge in [-0.3, -0.25) is 4.79 Å². The fourth-order valence-corrected chi connectivity index (χ4v) is 4.02. The van der Waals surface area contributed by atoms with Crippen LogP contribution in [0.15, 0.2) is 36.4 Å². The van der Waals surface area contributed by atoms with Gasteiger partial charge in [-0.05, 0) is 63.6 Å². The molecule has 1 heterocycles. The Morgan fingerprint density at radius 1 is 1.16 bits per heavy atom. The van der Waals surface area contributed by atoms with Gasteiger partial charge in [0.05, 0.1) is 15.2 Å². The smallest absolute Gasteiger partial charge is 0.408 e. The highest BCUT2D eigenvalue weighted by Crippen LogP contribution is 2.26. The van der Waals surface area contributed by atoms with E-state index in [9.17, 15) is 18.4 Å². The highest BCUT2D eigenvalue weighted by atomic mass is 32.1. The largest absolute Gasteiger partial charge is 0.444 e. The van der Waals surface area contributed by atoms with Crippen molar-refractivity contribution in [3.05, 3.63) is 58.6 Å². The SMILES string of the molecule is Cc1nc2cc(N(C)C(=O)[C@H](Cc3cc(F)cc(F)c3)NC(=O)OC(C)(C)C)ccc2s1. The van der Waals surface area contributed by atoms with Crippen molar-refractivity contribution in [1.29, 1.82) is 0 Å². The average molecular weight is 462 g/mol. The third kappa shape index (κ3) is 6.00. The van der Waals surface area contributed by atoms with Gasteiger partial charge in [0.15, 0.2) is 0 Å². The number of nitrogens with zero attached hydrogens (tertiary/aromatic N) is 2. The molecule has 0 aliphatic heterocycles. The molecule has 170 valence electrons. The summed E-state index contributed by atoms with van der Waals surface area (Å²) in [5, 5.41) is 3.45. The number of thiazole rings is 1. The number of aryl methyl sites for hydroxylation is 1. The molecule has 0 unspecified atom stereocenters. The van der Waals surface area contributed by atoms with Crippen molar-refractivity contribution in [2.45, 2.75) is 45.8 Å². The summed E-state index contributed by atoms with van der Waals surface area (Å²) in [6.07, 6.45) is -0.915. The van der Waals surface area contributed by atoms with Crippen LogP contribution in [0.1, 0.15) is 31.3 Å². The van der Waals surface area contributed by atoms with Gasteiger partial charge in [0, 0.05) is 25.2 Å². The number of fused-ring (bicyclic) bond motifs is 1. The lowest BCUT2D eigenvalue weighted by atomic mass is 10.0. The van der Waals surface area contributed by atoms with Crippen LogP contribution in [0.3, 0.4) is 0 Å². The van der Waals surface area contributed by atoms with Gasteiger partial charge >= 0.3 is 6.09 Å². The minimum absolute atomic E-state index is 0.116. The Kier molecular flexibility index (Phi) is 6.78. The molecule has 0 fully saturated rings. The van der Waals surface area contributed by atoms with E-state index >= 15 is 0 Å². The number of halogens is 2. The van der Waals surface area contributed by atoms with E-state index in [0.717, 1.165) is 33.4 Å². The molecule has 1 N–H and O–H groups in total. The van der Waals surface area contributed by atoms with Crippen LogP contribution in [0.25, 0.3) is 10.2 Å². The molecule has 3 aromatic rings. The molecule has 0 spiro atoms. The van der Waals surface area contributed by atoms with Crippen LogP contribution >= 0.6 is 11.3 Å². The topological polar surface area (TPSA) is 71.5 Å². The zero-order chi connectivity index (χ0) is 23.6. The molecule has 1 atom stereocenters. The van der Waals surface area contributed by atoms with Gasteiger partial charge in [0.2, 0.25) is 5.91 Å². The maximum Gasteiger partial charge on any atom is 0.408 e. The summed E-state index contributed by atoms with van der Waals surface area (Å²) < 4.78 is 33.6. The average Bonchev–Trinajstić information content (AvgIpc) is 3.03. The summed E-state index contributed by atoms with van der Waals surface area (Å²) in [6.45, 7) is 6.99. The van der Waals surface area contributed by atoms with E-state index in [1.54, 1.807) is 51.3 Å². The first-order chi connectivity index (χ1) is 14.9. The van der Waals surface area contributed by atoms with Crippen LogP contribution in [-0.4, -0.2) is 35.7 Å². The van der Waals surface area contributed by atoms with Gasteiger partial charge in [0.1, 0.15) is 23.3 Å². The predicted molar refractivity (Wildman–Crippen MR) is 121 cm³/mol. The number of aromatic nitrogens is 1. The highest BCUT2D eigenvalue weighted by Gasteiger charge is 2.28. The second kappa shape index (κ2) is 9.20. The molecular weight excluding hydrogens is 436 g/mol. The van der Waals surface area contributed by atoms with E-state index in [4.69, 9.17) is 4.74 Å². The first kappa shape index (κ1) is 23.6. The molecule has 2 amide bonds. The molecule has 3 rings (SSSR count). The number of hydrogen-bond acceptors (Lipinski definition) is 5. The minimum atomic E-state index is -1.11. The first-order valence-corrected chi connectivity index (χ1v) is 10.8. The number of benzene rings is 2. The Labute approximate surface area is 189 Å². The van der Waals surface area contributed by atoms with Gasteiger partial charge in [-0.2, -0.15) is 0 Å². The van der Waals surface area contributed by atoms with Crippen molar-refractivity contribution >= 4 is 39.2 Å². The molecule has 2 aromatic carbocycles. The molecule has 0 bridgehead atoms. The fraction of sp³-hybridized carbons (Fsp3) is 0.348. The lowest BCUT2D eigenvalue weighted by molar-refractivity contribution is -0.120. The molecule has 0 saturated heterocycles. The number of anilines is 1. The van der Waals surface area contributed by atoms with Gasteiger partial charge in [0.25, 0.3) is 0 Å². The standard InChI is InChI=1S/C23H25F2N3O3S/c1-13-26-18-12-17(6-7-20(18)32-13)28(5)21(29)19(27-22(30)31-23(2,3)4)10-14-8-15(24)11-16(25)9-14/h6-9,11-12,19H,10H2,1-5H3,(H,27,30)/t19-/m0/s1. The van der Waals surface area contributed by atoms with Crippen molar-refractivity contribution in [2.75, 3.05) is 11.9 Å². The summed E-state index contributed by atoms with van der Waals surface area (Å²) in [5.74, 6) is -1.99. The third-order valence-corrected chi connectivity index (χ3v) is 5.50. The van der Waals surface area contributed by atoms with E-state index in [-0.39, 0.29) is 12.0 Å². The number of alkyl carbamates (subject to hydrolysis) is 1. The maximum absolute atomic E-state index is 13.7. The van der Waals surface area contributed by atoms with E-state index in [2.05, 4.69) is 10.3 Å². The lowest BCUT2D eigenvalue weighted by Crippen LogP contribution is -2.50. The second-order valence-electron chi connectivity index (χ2n) is 8.46. The number of amides is 2. The van der Waals surface area contributed by atoms with E-state index in [0.29, 0.717) is 5.69 Å². The number of rotatable bonds is 5. The van der Waals surface area contributed by atoms with Crippen LogP contribution in [0.2, 0.25) is 0 Å². The summed E-state index contributed by atoms with van der Waals surface area (Å²) in [4.78, 5) is 31.5. The maximum atomic E-state index is 13.7. The second-order valence-corrected chi connectivity index (χ2v) is 9.70. The Balaban J connectivity index is 1.88. The van der Waals surface area contributed by atoms with Crippen LogP contribution in [0.4, 0.5) is 19.3 Å². The Morgan fingerprint density at radius 3 is 2.44 bits per heavy atom. The van der Waals surface area contributed by atoms with Crippen LogP contribution < -0.4 is 10.2 Å². The predicted octanol–water partition coefficient (Wildman–Crippen LogP) is 4.98. The van der Waals surface area contributed by atoms with Crippen molar-refractivity contribution in [3.8, 4) is 0 Å². The monoisotopic (exact) mass is 461 g/mol. The highest BCUT2D eigenvalue weighted by molar-refractivity contribution is 7.18. The van der Waals surface area contributed by atoms with Crippen molar-refractivity contribution in [3.63, 3.8) is 0 Å². The number of likely N-dealkylation sites (N-methyl/N-ethyl adjacent to an activating group) is 1. The fourth-order valence-electron chi connectivity index (χ4n) is 3.22. The van der Waals surface area contributed by atoms with E-state index < -0.39 is 35.3 Å². The zero-order valence-corrected chi connectivity index (χ0v) is 19.3. The molecule has 0 radical (unpaired) electrons. The Hall–Kier alpha value is -3.07. The number of ether oxygens (including phenoxy) is 1. The van der Waals surface area contributed by atoms with E-state index in [1.165, 1.54) is 4.90 Å². The Morgan fingerprint density at radius 2 is 1.81 bits per heavy atom. The summed E-state index contributed by atoms with van der Waals surface area (Å²) in [7, 11) is 1.57. The molecule has 9 heteroatoms. The molecule has 1 aromatic heterocycles.